The van der Waals surface area contributed by atoms with E-state index in [9.17, 15) is 4.79 Å². The fourth-order valence-corrected chi connectivity index (χ4v) is 2.73. The van der Waals surface area contributed by atoms with Gasteiger partial charge in [-0.2, -0.15) is 0 Å². The third kappa shape index (κ3) is 3.64. The molecule has 110 valence electrons. The highest BCUT2D eigenvalue weighted by molar-refractivity contribution is 6.33. The maximum absolute atomic E-state index is 12.1. The number of nitrogen functional groups attached to an aromatic ring is 1. The Hall–Kier alpha value is -1.26. The number of halogens is 1. The quantitative estimate of drug-likeness (QED) is 0.839. The number of piperidine rings is 1. The molecule has 0 aliphatic carbocycles. The second-order valence-electron chi connectivity index (χ2n) is 5.36. The van der Waals surface area contributed by atoms with Crippen LogP contribution in [0.3, 0.4) is 0 Å². The lowest BCUT2D eigenvalue weighted by atomic mass is 10.1. The molecule has 1 saturated heterocycles. The Bertz CT molecular complexity index is 472. The molecule has 0 spiro atoms. The average Bonchev–Trinajstić information content (AvgIpc) is 2.48. The van der Waals surface area contributed by atoms with E-state index in [4.69, 9.17) is 17.3 Å². The molecule has 1 aliphatic heterocycles. The number of nitrogens with two attached hydrogens (primary N) is 1. The predicted octanol–water partition coefficient (Wildman–Crippen LogP) is 2.53. The largest absolute Gasteiger partial charge is 0.397 e. The van der Waals surface area contributed by atoms with Crippen LogP contribution in [0, 0.1) is 0 Å². The molecule has 1 heterocycles. The maximum atomic E-state index is 12.1. The standard InChI is InChI=1S/C15H22ClN3O/c1-11(19-8-3-2-4-9-19)10-18-15(20)12-6-5-7-13(16)14(12)17/h5-7,11H,2-4,8-10,17H2,1H3,(H,18,20). The van der Waals surface area contributed by atoms with Crippen LogP contribution in [0.1, 0.15) is 36.5 Å². The number of nitrogens with one attached hydrogen (secondary N) is 1. The lowest BCUT2D eigenvalue weighted by Crippen LogP contribution is -2.44. The minimum absolute atomic E-state index is 0.158. The number of benzene rings is 1. The van der Waals surface area contributed by atoms with Crippen LogP contribution in [0.4, 0.5) is 5.69 Å². The van der Waals surface area contributed by atoms with Gasteiger partial charge in [0.2, 0.25) is 0 Å². The van der Waals surface area contributed by atoms with Gasteiger partial charge in [0.1, 0.15) is 0 Å². The summed E-state index contributed by atoms with van der Waals surface area (Å²) in [6, 6.07) is 5.47. The fraction of sp³-hybridized carbons (Fsp3) is 0.533. The fourth-order valence-electron chi connectivity index (χ4n) is 2.56. The van der Waals surface area contributed by atoms with E-state index in [-0.39, 0.29) is 5.91 Å². The highest BCUT2D eigenvalue weighted by Crippen LogP contribution is 2.22. The molecule has 1 fully saturated rings. The number of likely N-dealkylation sites (tertiary alicyclic amines) is 1. The van der Waals surface area contributed by atoms with Crippen molar-refractivity contribution in [2.45, 2.75) is 32.2 Å². The molecule has 2 rings (SSSR count). The van der Waals surface area contributed by atoms with Crippen molar-refractivity contribution in [3.63, 3.8) is 0 Å². The summed E-state index contributed by atoms with van der Waals surface area (Å²) >= 11 is 5.93. The third-order valence-electron chi connectivity index (χ3n) is 3.87. The lowest BCUT2D eigenvalue weighted by Gasteiger charge is -2.32. The van der Waals surface area contributed by atoms with Crippen molar-refractivity contribution in [2.75, 3.05) is 25.4 Å². The molecule has 0 bridgehead atoms. The van der Waals surface area contributed by atoms with E-state index in [1.54, 1.807) is 18.2 Å². The first-order valence-corrected chi connectivity index (χ1v) is 7.53. The third-order valence-corrected chi connectivity index (χ3v) is 4.20. The Morgan fingerprint density at radius 2 is 2.10 bits per heavy atom. The normalized spacial score (nSPS) is 17.7. The molecule has 1 aliphatic rings. The van der Waals surface area contributed by atoms with Gasteiger partial charge in [0.15, 0.2) is 0 Å². The Morgan fingerprint density at radius 3 is 2.80 bits per heavy atom. The van der Waals surface area contributed by atoms with Gasteiger partial charge in [-0.05, 0) is 45.0 Å². The molecule has 4 nitrogen and oxygen atoms in total. The van der Waals surface area contributed by atoms with Crippen LogP contribution in [0.25, 0.3) is 0 Å². The average molecular weight is 296 g/mol. The molecule has 3 N–H and O–H groups in total. The van der Waals surface area contributed by atoms with Gasteiger partial charge < -0.3 is 11.1 Å². The molecule has 1 amide bonds. The molecule has 0 aromatic heterocycles. The van der Waals surface area contributed by atoms with Gasteiger partial charge in [0.25, 0.3) is 5.91 Å². The van der Waals surface area contributed by atoms with E-state index in [0.29, 0.717) is 28.9 Å². The second kappa shape index (κ2) is 6.95. The van der Waals surface area contributed by atoms with Crippen LogP contribution in [0.2, 0.25) is 5.02 Å². The minimum Gasteiger partial charge on any atom is -0.397 e. The predicted molar refractivity (Wildman–Crippen MR) is 83.1 cm³/mol. The number of hydrogen-bond donors (Lipinski definition) is 2. The molecule has 5 heteroatoms. The summed E-state index contributed by atoms with van der Waals surface area (Å²) < 4.78 is 0. The first-order valence-electron chi connectivity index (χ1n) is 7.16. The van der Waals surface area contributed by atoms with Gasteiger partial charge in [-0.3, -0.25) is 9.69 Å². The van der Waals surface area contributed by atoms with Crippen LogP contribution in [-0.2, 0) is 0 Å². The maximum Gasteiger partial charge on any atom is 0.253 e. The van der Waals surface area contributed by atoms with Crippen molar-refractivity contribution in [3.8, 4) is 0 Å². The molecule has 20 heavy (non-hydrogen) atoms. The molecule has 1 unspecified atom stereocenters. The van der Waals surface area contributed by atoms with Crippen molar-refractivity contribution < 1.29 is 4.79 Å². The minimum atomic E-state index is -0.158. The van der Waals surface area contributed by atoms with Gasteiger partial charge in [-0.15, -0.1) is 0 Å². The number of carbonyl (C=O) groups excluding carboxylic acids is 1. The number of carbonyl (C=O) groups is 1. The van der Waals surface area contributed by atoms with Gasteiger partial charge in [0, 0.05) is 12.6 Å². The summed E-state index contributed by atoms with van der Waals surface area (Å²) in [5, 5.41) is 3.36. The first-order chi connectivity index (χ1) is 9.59. The second-order valence-corrected chi connectivity index (χ2v) is 5.76. The highest BCUT2D eigenvalue weighted by atomic mass is 35.5. The molecular formula is C15H22ClN3O. The summed E-state index contributed by atoms with van der Waals surface area (Å²) in [4.78, 5) is 14.6. The summed E-state index contributed by atoms with van der Waals surface area (Å²) in [5.41, 5.74) is 6.62. The summed E-state index contributed by atoms with van der Waals surface area (Å²) in [6.45, 7) is 5.02. The summed E-state index contributed by atoms with van der Waals surface area (Å²) in [6.07, 6.45) is 3.81. The van der Waals surface area contributed by atoms with Crippen LogP contribution >= 0.6 is 11.6 Å². The van der Waals surface area contributed by atoms with Crippen LogP contribution in [0.15, 0.2) is 18.2 Å². The Labute approximate surface area is 125 Å². The summed E-state index contributed by atoms with van der Waals surface area (Å²) in [7, 11) is 0. The topological polar surface area (TPSA) is 58.4 Å². The van der Waals surface area contributed by atoms with E-state index in [0.717, 1.165) is 13.1 Å². The van der Waals surface area contributed by atoms with Crippen molar-refractivity contribution in [2.24, 2.45) is 0 Å². The first kappa shape index (κ1) is 15.1. The van der Waals surface area contributed by atoms with E-state index in [1.165, 1.54) is 19.3 Å². The van der Waals surface area contributed by atoms with Crippen molar-refractivity contribution in [1.29, 1.82) is 0 Å². The number of nitrogens with zero attached hydrogens (tertiary/aromatic N) is 1. The number of rotatable bonds is 4. The van der Waals surface area contributed by atoms with Gasteiger partial charge in [0.05, 0.1) is 16.3 Å². The van der Waals surface area contributed by atoms with Crippen LogP contribution < -0.4 is 11.1 Å². The van der Waals surface area contributed by atoms with E-state index >= 15 is 0 Å². The Morgan fingerprint density at radius 1 is 1.40 bits per heavy atom. The highest BCUT2D eigenvalue weighted by Gasteiger charge is 2.18. The van der Waals surface area contributed by atoms with Crippen molar-refractivity contribution in [3.05, 3.63) is 28.8 Å². The zero-order valence-electron chi connectivity index (χ0n) is 11.9. The molecule has 1 aromatic rings. The van der Waals surface area contributed by atoms with Gasteiger partial charge >= 0.3 is 0 Å². The van der Waals surface area contributed by atoms with Crippen molar-refractivity contribution >= 4 is 23.2 Å². The number of anilines is 1. The molecule has 1 atom stereocenters. The molecule has 0 saturated carbocycles. The van der Waals surface area contributed by atoms with Gasteiger partial charge in [-0.25, -0.2) is 0 Å². The Balaban J connectivity index is 1.89. The monoisotopic (exact) mass is 295 g/mol. The molecular weight excluding hydrogens is 274 g/mol. The zero-order valence-corrected chi connectivity index (χ0v) is 12.6. The lowest BCUT2D eigenvalue weighted by molar-refractivity contribution is 0.0931. The SMILES string of the molecule is CC(CNC(=O)c1cccc(Cl)c1N)N1CCCCC1. The summed E-state index contributed by atoms with van der Waals surface area (Å²) in [5.74, 6) is -0.158. The van der Waals surface area contributed by atoms with E-state index < -0.39 is 0 Å². The van der Waals surface area contributed by atoms with Crippen LogP contribution in [0.5, 0.6) is 0 Å². The zero-order chi connectivity index (χ0) is 14.5. The number of hydrogen-bond acceptors (Lipinski definition) is 3. The molecule has 0 radical (unpaired) electrons. The van der Waals surface area contributed by atoms with E-state index in [2.05, 4.69) is 17.1 Å². The molecule has 1 aromatic carbocycles. The number of amides is 1. The smallest absolute Gasteiger partial charge is 0.253 e. The Kier molecular flexibility index (Phi) is 5.26. The van der Waals surface area contributed by atoms with Gasteiger partial charge in [-0.1, -0.05) is 24.1 Å². The van der Waals surface area contributed by atoms with Crippen molar-refractivity contribution in [1.82, 2.24) is 10.2 Å². The number of para-hydroxylation sites is 1. The van der Waals surface area contributed by atoms with Crippen LogP contribution in [-0.4, -0.2) is 36.5 Å². The van der Waals surface area contributed by atoms with E-state index in [1.807, 2.05) is 0 Å².